The molecule has 0 amide bonds. The molecule has 11 N–H and O–H groups in total. The Morgan fingerprint density at radius 2 is 0.837 bits per heavy atom. The van der Waals surface area contributed by atoms with Crippen molar-refractivity contribution >= 4 is 17.7 Å². The van der Waals surface area contributed by atoms with E-state index < -0.39 is 240 Å². The lowest BCUT2D eigenvalue weighted by Gasteiger charge is -2.49. The number of hydrogen-bond donors (Lipinski definition) is 11. The molecule has 6 aliphatic rings. The van der Waals surface area contributed by atoms with Crippen molar-refractivity contribution in [1.82, 2.24) is 9.80 Å². The number of carbonyl (C=O) groups is 3. The molecule has 606 valence electrons. The number of cyclic esters (lactones) is 2. The van der Waals surface area contributed by atoms with E-state index in [0.29, 0.717) is 25.9 Å². The minimum atomic E-state index is -2.09. The lowest BCUT2D eigenvalue weighted by atomic mass is 9.73. The topological polar surface area (TPSA) is 391 Å². The molecule has 28 heteroatoms. The summed E-state index contributed by atoms with van der Waals surface area (Å²) in [7, 11) is 6.60. The van der Waals surface area contributed by atoms with E-state index in [-0.39, 0.29) is 38.5 Å². The minimum absolute atomic E-state index is 0.0114. The summed E-state index contributed by atoms with van der Waals surface area (Å²) < 4.78 is 76.5. The van der Waals surface area contributed by atoms with Crippen LogP contribution in [-0.4, -0.2) is 300 Å². The number of likely N-dealkylation sites (N-methyl/N-ethyl adjacent to an activating group) is 2. The second-order valence-corrected chi connectivity index (χ2v) is 33.6. The highest BCUT2D eigenvalue weighted by molar-refractivity contribution is 5.83. The first-order valence-corrected chi connectivity index (χ1v) is 38.0. The molecule has 6 rings (SSSR count). The third-order valence-electron chi connectivity index (χ3n) is 24.6. The zero-order valence-electron chi connectivity index (χ0n) is 66.6. The van der Waals surface area contributed by atoms with Gasteiger partial charge in [-0.05, 0) is 142 Å². The highest BCUT2D eigenvalue weighted by atomic mass is 16.7. The lowest BCUT2D eigenvalue weighted by Crippen LogP contribution is -2.61. The van der Waals surface area contributed by atoms with Crippen LogP contribution in [0.1, 0.15) is 190 Å². The molecular formula is C76H136N2O26. The van der Waals surface area contributed by atoms with Crippen LogP contribution in [-0.2, 0) is 71.2 Å². The summed E-state index contributed by atoms with van der Waals surface area (Å²) in [5, 5.41) is 132. The molecular weight excluding hydrogens is 1360 g/mol. The van der Waals surface area contributed by atoms with Crippen LogP contribution in [0, 0.1) is 47.3 Å². The van der Waals surface area contributed by atoms with E-state index in [9.17, 15) is 70.6 Å². The molecule has 6 fully saturated rings. The number of hydrogen-bond acceptors (Lipinski definition) is 28. The van der Waals surface area contributed by atoms with Crippen LogP contribution in [0.25, 0.3) is 0 Å². The number of methoxy groups -OCH3 is 2. The van der Waals surface area contributed by atoms with Crippen molar-refractivity contribution in [2.75, 3.05) is 41.4 Å². The Bertz CT molecular complexity index is 2760. The van der Waals surface area contributed by atoms with Crippen LogP contribution in [0.3, 0.4) is 0 Å². The third-order valence-corrected chi connectivity index (χ3v) is 24.6. The molecule has 28 nitrogen and oxygen atoms in total. The summed E-state index contributed by atoms with van der Waals surface area (Å²) in [5.41, 5.74) is -10.3. The Balaban J connectivity index is 1.26. The Labute approximate surface area is 617 Å². The first-order chi connectivity index (χ1) is 48.0. The molecule has 6 heterocycles. The number of ketones is 1. The molecule has 0 spiro atoms. The van der Waals surface area contributed by atoms with E-state index in [2.05, 4.69) is 0 Å². The van der Waals surface area contributed by atoms with Gasteiger partial charge in [0.05, 0.1) is 101 Å². The van der Waals surface area contributed by atoms with Crippen molar-refractivity contribution in [3.63, 3.8) is 0 Å². The van der Waals surface area contributed by atoms with Crippen LogP contribution in [0.2, 0.25) is 0 Å². The minimum Gasteiger partial charge on any atom is -0.459 e. The van der Waals surface area contributed by atoms with E-state index in [4.69, 9.17) is 56.8 Å². The number of esters is 2. The van der Waals surface area contributed by atoms with Gasteiger partial charge in [0, 0.05) is 81.8 Å². The van der Waals surface area contributed by atoms with Gasteiger partial charge in [-0.1, -0.05) is 67.5 Å². The molecule has 0 aliphatic carbocycles. The molecule has 0 aromatic heterocycles. The van der Waals surface area contributed by atoms with E-state index in [1.54, 1.807) is 90.0 Å². The zero-order valence-corrected chi connectivity index (χ0v) is 66.6. The van der Waals surface area contributed by atoms with Gasteiger partial charge in [-0.2, -0.15) is 0 Å². The third kappa shape index (κ3) is 20.2. The number of aliphatic hydroxyl groups is 11. The maximum Gasteiger partial charge on any atom is 0.311 e. The SMILES string of the molecule is CC[C@H]1OC(=O)[C@H](C)[C@@H](OC2CC(C)(OC)C(O)C(C)O2)[C@H](C)[C@@H](OC2OC(C)CC(N(C)C/C=C/CN(C)C3CC(C)OC(O[C@@H]4[C@@H](C)[C@H](OC5CC(C)(OC)C(O)C(C)O5)[C@@H](C)C(=O)O[C@H](CC)[C@@](C)(O)[C@H](O)[C@@H](C)C(=O)[C@H](C)C[C@]4(C)O)C3O)C2O)[C@@](C)(O)C[C@@H](C)[C@H](O)[C@H](C)[C@@H](O)[C@]1(C)O. The van der Waals surface area contributed by atoms with E-state index in [0.717, 1.165) is 0 Å². The van der Waals surface area contributed by atoms with Crippen LogP contribution < -0.4 is 0 Å². The van der Waals surface area contributed by atoms with Gasteiger partial charge in [0.2, 0.25) is 0 Å². The largest absolute Gasteiger partial charge is 0.459 e. The molecule has 37 atom stereocenters. The fourth-order valence-corrected chi connectivity index (χ4v) is 17.6. The predicted molar refractivity (Wildman–Crippen MR) is 381 cm³/mol. The number of ether oxygens (including phenoxy) is 12. The maximum absolute atomic E-state index is 14.6. The van der Waals surface area contributed by atoms with Gasteiger partial charge in [-0.15, -0.1) is 0 Å². The first kappa shape index (κ1) is 90.3. The van der Waals surface area contributed by atoms with Crippen LogP contribution in [0.5, 0.6) is 0 Å². The van der Waals surface area contributed by atoms with Gasteiger partial charge in [0.15, 0.2) is 25.2 Å². The number of carbonyl (C=O) groups excluding carboxylic acids is 3. The van der Waals surface area contributed by atoms with Crippen LogP contribution in [0.15, 0.2) is 12.2 Å². The van der Waals surface area contributed by atoms with Gasteiger partial charge < -0.3 is 113 Å². The molecule has 16 unspecified atom stereocenters. The monoisotopic (exact) mass is 1490 g/mol. The number of rotatable bonds is 18. The second kappa shape index (κ2) is 36.3. The maximum atomic E-state index is 14.6. The first-order valence-electron chi connectivity index (χ1n) is 38.0. The number of nitrogens with zero attached hydrogens (tertiary/aromatic N) is 2. The summed E-state index contributed by atoms with van der Waals surface area (Å²) in [6.07, 6.45) is -20.3. The van der Waals surface area contributed by atoms with E-state index in [1.807, 2.05) is 49.9 Å². The van der Waals surface area contributed by atoms with Crippen LogP contribution >= 0.6 is 0 Å². The molecule has 0 bridgehead atoms. The highest BCUT2D eigenvalue weighted by Gasteiger charge is 2.57. The van der Waals surface area contributed by atoms with Crippen molar-refractivity contribution in [2.24, 2.45) is 47.3 Å². The van der Waals surface area contributed by atoms with Gasteiger partial charge in [-0.3, -0.25) is 24.2 Å². The van der Waals surface area contributed by atoms with Crippen molar-refractivity contribution in [3.05, 3.63) is 12.2 Å². The van der Waals surface area contributed by atoms with E-state index >= 15 is 0 Å². The Morgan fingerprint density at radius 3 is 1.20 bits per heavy atom. The summed E-state index contributed by atoms with van der Waals surface area (Å²) >= 11 is 0. The zero-order chi connectivity index (χ0) is 78.8. The van der Waals surface area contributed by atoms with Gasteiger partial charge in [0.25, 0.3) is 0 Å². The fraction of sp³-hybridized carbons (Fsp3) is 0.934. The number of Topliss-reactive ketones (excluding diaryl/α,β-unsaturated/α-hetero) is 1. The van der Waals surface area contributed by atoms with Crippen LogP contribution in [0.4, 0.5) is 0 Å². The van der Waals surface area contributed by atoms with Crippen molar-refractivity contribution < 1.29 is 127 Å². The summed E-state index contributed by atoms with van der Waals surface area (Å²) in [4.78, 5) is 47.4. The quantitative estimate of drug-likeness (QED) is 0.0689. The predicted octanol–water partition coefficient (Wildman–Crippen LogP) is 3.67. The van der Waals surface area contributed by atoms with E-state index in [1.165, 1.54) is 48.8 Å². The standard InChI is InChI=1S/C76H136N2O26/c1-25-51-75(19,91)61(83)41(7)55(79)37(3)33-71(15,89)65(43(9)59(45(11)67(87)99-51)101-53-35-73(17,93-23)63(85)47(13)97-53)103-69-57(81)49(31-39(5)95-69)77(21)29-27-28-30-78(22)50-32-40(6)96-70(58(50)82)104-66-44(10)60(102-54-36-74(18,94-24)64(86)48(14)98-54)46(12)68(88)100-52(26-2)76(20,92)62(84)42(8)56(80)38(4)34-72(66,16)90/h27-28,37-55,57-66,69-70,79,81-86,89-92H,25-26,29-36H2,1-24H3/b28-27+/t37-,38-,39?,40?,41+,42+,43+,44+,45-,46-,47?,48?,49?,50?,51-,52-,53?,54?,55+,57?,58?,59+,60+,61-,62-,63?,64?,65-,66-,69?,70?,71+,72+,73?,74?,75-,76-/m1/s1. The van der Waals surface area contributed by atoms with Crippen molar-refractivity contribution in [3.8, 4) is 0 Å². The van der Waals surface area contributed by atoms with Crippen molar-refractivity contribution in [1.29, 1.82) is 0 Å². The van der Waals surface area contributed by atoms with Gasteiger partial charge in [0.1, 0.15) is 53.6 Å². The molecule has 0 aromatic rings. The smallest absolute Gasteiger partial charge is 0.311 e. The molecule has 0 saturated carbocycles. The molecule has 0 aromatic carbocycles. The van der Waals surface area contributed by atoms with Gasteiger partial charge in [-0.25, -0.2) is 0 Å². The Morgan fingerprint density at radius 1 is 0.471 bits per heavy atom. The molecule has 104 heavy (non-hydrogen) atoms. The average molecular weight is 1490 g/mol. The number of aliphatic hydroxyl groups excluding tert-OH is 7. The lowest BCUT2D eigenvalue weighted by molar-refractivity contribution is -0.318. The highest BCUT2D eigenvalue weighted by Crippen LogP contribution is 2.45. The summed E-state index contributed by atoms with van der Waals surface area (Å²) in [6, 6.07) is -1.20. The summed E-state index contributed by atoms with van der Waals surface area (Å²) in [5.74, 6) is -10.3. The normalized spacial score (nSPS) is 50.0. The fourth-order valence-electron chi connectivity index (χ4n) is 17.6. The van der Waals surface area contributed by atoms with Gasteiger partial charge >= 0.3 is 11.9 Å². The molecule has 6 saturated heterocycles. The molecule has 0 radical (unpaired) electrons. The average Bonchev–Trinajstić information content (AvgIpc) is 0.779. The van der Waals surface area contributed by atoms with Crippen molar-refractivity contribution in [2.45, 2.75) is 364 Å². The Hall–Kier alpha value is -2.57. The molecule has 6 aliphatic heterocycles. The summed E-state index contributed by atoms with van der Waals surface area (Å²) in [6.45, 7) is 33.0. The Kier molecular flexibility index (Phi) is 31.5. The second-order valence-electron chi connectivity index (χ2n) is 33.6.